The zero-order valence-electron chi connectivity index (χ0n) is 8.95. The van der Waals surface area contributed by atoms with Gasteiger partial charge in [0.25, 0.3) is 5.56 Å². The summed E-state index contributed by atoms with van der Waals surface area (Å²) < 4.78 is 3.19. The van der Waals surface area contributed by atoms with E-state index < -0.39 is 0 Å². The predicted molar refractivity (Wildman–Crippen MR) is 62.0 cm³/mol. The van der Waals surface area contributed by atoms with Crippen LogP contribution in [0.3, 0.4) is 0 Å². The van der Waals surface area contributed by atoms with Crippen LogP contribution < -0.4 is 5.56 Å². The number of imidazole rings is 1. The van der Waals surface area contributed by atoms with E-state index in [-0.39, 0.29) is 5.56 Å². The number of aromatic nitrogens is 4. The molecular weight excluding hydrogens is 218 g/mol. The minimum atomic E-state index is -0.127. The Morgan fingerprint density at radius 3 is 3.06 bits per heavy atom. The fourth-order valence-corrected chi connectivity index (χ4v) is 1.75. The molecule has 0 saturated heterocycles. The number of pyridine rings is 1. The van der Waals surface area contributed by atoms with Gasteiger partial charge in [0.15, 0.2) is 5.65 Å². The molecule has 0 saturated carbocycles. The molecule has 6 heteroatoms. The lowest BCUT2D eigenvalue weighted by Gasteiger charge is -1.99. The van der Waals surface area contributed by atoms with Crippen molar-refractivity contribution in [3.8, 4) is 0 Å². The second-order valence-corrected chi connectivity index (χ2v) is 3.64. The lowest BCUT2D eigenvalue weighted by molar-refractivity contribution is 0.848. The molecule has 3 aromatic heterocycles. The Labute approximate surface area is 95.6 Å². The fraction of sp³-hybridized carbons (Fsp3) is 0.0909. The van der Waals surface area contributed by atoms with Gasteiger partial charge in [-0.2, -0.15) is 4.98 Å². The summed E-state index contributed by atoms with van der Waals surface area (Å²) in [7, 11) is 1.65. The third-order valence-electron chi connectivity index (χ3n) is 2.64. The molecule has 0 N–H and O–H groups in total. The Bertz CT molecular complexity index is 837. The molecule has 0 spiro atoms. The third kappa shape index (κ3) is 1.23. The number of hydrogen-bond donors (Lipinski definition) is 0. The Morgan fingerprint density at radius 1 is 1.47 bits per heavy atom. The number of rotatable bonds is 0. The Hall–Kier alpha value is -2.68. The summed E-state index contributed by atoms with van der Waals surface area (Å²) in [6, 6.07) is 3.17. The Kier molecular flexibility index (Phi) is 1.77. The summed E-state index contributed by atoms with van der Waals surface area (Å²) in [4.78, 5) is 23.2. The van der Waals surface area contributed by atoms with E-state index in [9.17, 15) is 4.79 Å². The standard InChI is InChI=1S/C11H7N5O/c1-12-7-5-8-10(13-6-7)14-11-15(2)9(17)3-4-16(8)11/h3-6H,2H3. The minimum Gasteiger partial charge on any atom is -0.285 e. The number of hydrogen-bond acceptors (Lipinski definition) is 3. The van der Waals surface area contributed by atoms with Crippen LogP contribution in [0.1, 0.15) is 0 Å². The van der Waals surface area contributed by atoms with Gasteiger partial charge in [0.1, 0.15) is 0 Å². The molecule has 0 amide bonds. The maximum Gasteiger partial charge on any atom is 0.254 e. The smallest absolute Gasteiger partial charge is 0.254 e. The van der Waals surface area contributed by atoms with Crippen molar-refractivity contribution < 1.29 is 0 Å². The van der Waals surface area contributed by atoms with E-state index in [1.807, 2.05) is 0 Å². The first-order valence-corrected chi connectivity index (χ1v) is 4.92. The van der Waals surface area contributed by atoms with Crippen molar-refractivity contribution in [3.63, 3.8) is 0 Å². The van der Waals surface area contributed by atoms with Crippen molar-refractivity contribution >= 4 is 22.6 Å². The minimum absolute atomic E-state index is 0.127. The van der Waals surface area contributed by atoms with Crippen molar-refractivity contribution in [1.29, 1.82) is 0 Å². The second-order valence-electron chi connectivity index (χ2n) is 3.64. The topological polar surface area (TPSA) is 56.5 Å². The highest BCUT2D eigenvalue weighted by molar-refractivity contribution is 5.79. The maximum absolute atomic E-state index is 11.5. The number of nitrogens with zero attached hydrogens (tertiary/aromatic N) is 5. The summed E-state index contributed by atoms with van der Waals surface area (Å²) in [5.74, 6) is 0.516. The summed E-state index contributed by atoms with van der Waals surface area (Å²) in [5, 5.41) is 0. The lowest BCUT2D eigenvalue weighted by Crippen LogP contribution is -2.17. The average molecular weight is 225 g/mol. The lowest BCUT2D eigenvalue weighted by atomic mass is 10.4. The van der Waals surface area contributed by atoms with Crippen molar-refractivity contribution in [3.05, 3.63) is 46.3 Å². The molecule has 3 heterocycles. The molecule has 0 aliphatic rings. The van der Waals surface area contributed by atoms with Gasteiger partial charge < -0.3 is 0 Å². The fourth-order valence-electron chi connectivity index (χ4n) is 1.75. The molecule has 6 nitrogen and oxygen atoms in total. The molecular formula is C11H7N5O. The van der Waals surface area contributed by atoms with Crippen LogP contribution in [0.25, 0.3) is 21.8 Å². The van der Waals surface area contributed by atoms with Gasteiger partial charge in [-0.25, -0.2) is 9.83 Å². The normalized spacial score (nSPS) is 10.8. The molecule has 0 bridgehead atoms. The van der Waals surface area contributed by atoms with Gasteiger partial charge in [-0.05, 0) is 6.07 Å². The highest BCUT2D eigenvalue weighted by Crippen LogP contribution is 2.19. The molecule has 0 unspecified atom stereocenters. The molecule has 0 aromatic carbocycles. The van der Waals surface area contributed by atoms with Crippen LogP contribution in [0.15, 0.2) is 29.3 Å². The highest BCUT2D eigenvalue weighted by Gasteiger charge is 2.08. The Morgan fingerprint density at radius 2 is 2.29 bits per heavy atom. The number of fused-ring (bicyclic) bond motifs is 3. The molecule has 82 valence electrons. The van der Waals surface area contributed by atoms with E-state index in [2.05, 4.69) is 14.8 Å². The third-order valence-corrected chi connectivity index (χ3v) is 2.64. The van der Waals surface area contributed by atoms with Crippen LogP contribution in [0.2, 0.25) is 0 Å². The quantitative estimate of drug-likeness (QED) is 0.539. The second kappa shape index (κ2) is 3.15. The molecule has 0 atom stereocenters. The summed E-state index contributed by atoms with van der Waals surface area (Å²) in [5.41, 5.74) is 1.58. The monoisotopic (exact) mass is 225 g/mol. The van der Waals surface area contributed by atoms with Gasteiger partial charge >= 0.3 is 0 Å². The molecule has 17 heavy (non-hydrogen) atoms. The molecule has 0 fully saturated rings. The SMILES string of the molecule is [C-]#[N+]c1cnc2nc3n(C)c(=O)ccn3c2c1. The van der Waals surface area contributed by atoms with Gasteiger partial charge in [-0.1, -0.05) is 0 Å². The molecule has 3 aromatic rings. The molecule has 0 radical (unpaired) electrons. The average Bonchev–Trinajstić information content (AvgIpc) is 2.72. The van der Waals surface area contributed by atoms with Crippen LogP contribution in [0, 0.1) is 6.57 Å². The summed E-state index contributed by atoms with van der Waals surface area (Å²) >= 11 is 0. The van der Waals surface area contributed by atoms with E-state index in [1.54, 1.807) is 23.7 Å². The van der Waals surface area contributed by atoms with Crippen LogP contribution >= 0.6 is 0 Å². The zero-order chi connectivity index (χ0) is 12.0. The zero-order valence-corrected chi connectivity index (χ0v) is 8.95. The van der Waals surface area contributed by atoms with Crippen LogP contribution in [-0.4, -0.2) is 18.9 Å². The summed E-state index contributed by atoms with van der Waals surface area (Å²) in [6.45, 7) is 6.96. The van der Waals surface area contributed by atoms with Crippen LogP contribution in [-0.2, 0) is 7.05 Å². The maximum atomic E-state index is 11.5. The largest absolute Gasteiger partial charge is 0.285 e. The number of aryl methyl sites for hydroxylation is 1. The molecule has 0 aliphatic carbocycles. The van der Waals surface area contributed by atoms with E-state index in [0.29, 0.717) is 17.1 Å². The van der Waals surface area contributed by atoms with Gasteiger partial charge in [0.05, 0.1) is 12.1 Å². The molecule has 3 rings (SSSR count). The first-order chi connectivity index (χ1) is 8.20. The van der Waals surface area contributed by atoms with Gasteiger partial charge in [-0.15, -0.1) is 0 Å². The predicted octanol–water partition coefficient (Wildman–Crippen LogP) is 1.13. The Balaban J connectivity index is 2.56. The van der Waals surface area contributed by atoms with Crippen molar-refractivity contribution in [2.24, 2.45) is 7.05 Å². The van der Waals surface area contributed by atoms with E-state index in [0.717, 1.165) is 5.52 Å². The highest BCUT2D eigenvalue weighted by atomic mass is 16.1. The first-order valence-electron chi connectivity index (χ1n) is 4.92. The van der Waals surface area contributed by atoms with Crippen molar-refractivity contribution in [2.75, 3.05) is 0 Å². The molecule has 0 aliphatic heterocycles. The van der Waals surface area contributed by atoms with Crippen molar-refractivity contribution in [2.45, 2.75) is 0 Å². The van der Waals surface area contributed by atoms with E-state index >= 15 is 0 Å². The van der Waals surface area contributed by atoms with Gasteiger partial charge in [0, 0.05) is 25.5 Å². The van der Waals surface area contributed by atoms with E-state index in [1.165, 1.54) is 16.8 Å². The van der Waals surface area contributed by atoms with Crippen molar-refractivity contribution in [1.82, 2.24) is 18.9 Å². The van der Waals surface area contributed by atoms with Crippen LogP contribution in [0.5, 0.6) is 0 Å². The van der Waals surface area contributed by atoms with E-state index in [4.69, 9.17) is 6.57 Å². The van der Waals surface area contributed by atoms with Gasteiger partial charge in [-0.3, -0.25) is 13.8 Å². The summed E-state index contributed by atoms with van der Waals surface area (Å²) in [6.07, 6.45) is 3.11. The van der Waals surface area contributed by atoms with Gasteiger partial charge in [0.2, 0.25) is 11.5 Å². The van der Waals surface area contributed by atoms with Crippen LogP contribution in [0.4, 0.5) is 5.69 Å². The first kappa shape index (κ1) is 9.54.